The summed E-state index contributed by atoms with van der Waals surface area (Å²) in [4.78, 5) is 63.3. The number of aromatic nitrogens is 1. The number of nitrogens with two attached hydrogens (primary N) is 1. The highest BCUT2D eigenvalue weighted by atomic mass is 35.5. The molecular formula is C35H52ClN5O10S. The van der Waals surface area contributed by atoms with Gasteiger partial charge in [-0.2, -0.15) is 8.42 Å². The fourth-order valence-electron chi connectivity index (χ4n) is 5.52. The van der Waals surface area contributed by atoms with Crippen LogP contribution in [-0.4, -0.2) is 79.6 Å². The van der Waals surface area contributed by atoms with Crippen LogP contribution in [-0.2, 0) is 33.6 Å². The summed E-state index contributed by atoms with van der Waals surface area (Å²) in [7, 11) is -2.31. The van der Waals surface area contributed by atoms with Gasteiger partial charge in [0.05, 0.1) is 18.2 Å². The molecule has 1 saturated heterocycles. The Balaban J connectivity index is 0.000000219. The largest absolute Gasteiger partial charge is 0.495 e. The quantitative estimate of drug-likeness (QED) is 0.286. The Bertz CT molecular complexity index is 1780. The molecular weight excluding hydrogens is 718 g/mol. The van der Waals surface area contributed by atoms with Gasteiger partial charge in [-0.25, -0.2) is 9.52 Å². The van der Waals surface area contributed by atoms with Crippen molar-refractivity contribution in [2.24, 2.45) is 23.0 Å². The molecule has 290 valence electrons. The predicted molar refractivity (Wildman–Crippen MR) is 196 cm³/mol. The first-order valence-electron chi connectivity index (χ1n) is 17.3. The number of hydrogen-bond acceptors (Lipinski definition) is 10. The average Bonchev–Trinajstić information content (AvgIpc) is 3.95. The van der Waals surface area contributed by atoms with E-state index in [1.165, 1.54) is 4.90 Å². The minimum atomic E-state index is -3.85. The number of carbonyl (C=O) groups is 4. The van der Waals surface area contributed by atoms with Crippen molar-refractivity contribution in [3.05, 3.63) is 39.8 Å². The minimum Gasteiger partial charge on any atom is -0.495 e. The van der Waals surface area contributed by atoms with Gasteiger partial charge in [-0.05, 0) is 82.4 Å². The fraction of sp³-hybridized carbons (Fsp3) is 0.629. The van der Waals surface area contributed by atoms with Crippen LogP contribution in [0.3, 0.4) is 0 Å². The number of ether oxygens (including phenoxy) is 2. The highest BCUT2D eigenvalue weighted by Crippen LogP contribution is 2.41. The second-order valence-corrected chi connectivity index (χ2v) is 16.8. The number of alkyl carbamates (subject to hydrolysis) is 1. The van der Waals surface area contributed by atoms with Crippen LogP contribution in [0.25, 0.3) is 10.8 Å². The number of primary amides is 1. The average molecular weight is 770 g/mol. The van der Waals surface area contributed by atoms with Crippen molar-refractivity contribution >= 4 is 56.5 Å². The molecule has 15 nitrogen and oxygen atoms in total. The molecule has 0 radical (unpaired) electrons. The van der Waals surface area contributed by atoms with Crippen molar-refractivity contribution in [1.29, 1.82) is 0 Å². The van der Waals surface area contributed by atoms with Crippen LogP contribution in [0.2, 0.25) is 5.02 Å². The number of benzene rings is 1. The smallest absolute Gasteiger partial charge is 0.408 e. The third-order valence-electron chi connectivity index (χ3n) is 8.51. The molecule has 0 spiro atoms. The summed E-state index contributed by atoms with van der Waals surface area (Å²) in [5.41, 5.74) is 4.05. The van der Waals surface area contributed by atoms with Gasteiger partial charge >= 0.3 is 16.4 Å². The normalized spacial score (nSPS) is 20.3. The summed E-state index contributed by atoms with van der Waals surface area (Å²) in [5.74, 6) is -0.439. The lowest BCUT2D eigenvalue weighted by Crippen LogP contribution is -2.57. The molecule has 3 fully saturated rings. The van der Waals surface area contributed by atoms with Crippen LogP contribution in [0.1, 0.15) is 87.0 Å². The van der Waals surface area contributed by atoms with Crippen molar-refractivity contribution in [2.75, 3.05) is 13.7 Å². The predicted octanol–water partition coefficient (Wildman–Crippen LogP) is 4.16. The molecule has 5 N–H and O–H groups in total. The number of nitrogens with zero attached hydrogens (tertiary/aromatic N) is 1. The molecule has 0 bridgehead atoms. The van der Waals surface area contributed by atoms with E-state index in [0.717, 1.165) is 32.1 Å². The highest BCUT2D eigenvalue weighted by molar-refractivity contribution is 7.85. The number of likely N-dealkylation sites (tertiary alicyclic amines) is 1. The Labute approximate surface area is 309 Å². The second kappa shape index (κ2) is 17.3. The number of halogens is 1. The number of H-pyrrole nitrogens is 1. The lowest BCUT2D eigenvalue weighted by atomic mass is 9.85. The van der Waals surface area contributed by atoms with E-state index in [-0.39, 0.29) is 23.5 Å². The molecule has 17 heteroatoms. The van der Waals surface area contributed by atoms with E-state index in [9.17, 15) is 32.4 Å². The van der Waals surface area contributed by atoms with Crippen molar-refractivity contribution in [2.45, 2.75) is 111 Å². The van der Waals surface area contributed by atoms with Gasteiger partial charge in [-0.3, -0.25) is 23.4 Å². The topological polar surface area (TPSA) is 216 Å². The molecule has 1 aromatic heterocycles. The fourth-order valence-corrected chi connectivity index (χ4v) is 6.82. The van der Waals surface area contributed by atoms with E-state index in [0.29, 0.717) is 40.4 Å². The van der Waals surface area contributed by atoms with E-state index >= 15 is 0 Å². The van der Waals surface area contributed by atoms with Gasteiger partial charge < -0.3 is 30.4 Å². The first-order valence-corrected chi connectivity index (χ1v) is 19.0. The number of methoxy groups -OCH3 is 1. The maximum Gasteiger partial charge on any atom is 0.408 e. The molecule has 2 aliphatic carbocycles. The van der Waals surface area contributed by atoms with E-state index in [4.69, 9.17) is 31.0 Å². The Morgan fingerprint density at radius 2 is 1.71 bits per heavy atom. The third-order valence-corrected chi connectivity index (χ3v) is 9.87. The maximum absolute atomic E-state index is 12.9. The van der Waals surface area contributed by atoms with Gasteiger partial charge in [0.1, 0.15) is 23.4 Å². The number of aromatic amines is 1. The van der Waals surface area contributed by atoms with Crippen LogP contribution >= 0.6 is 11.6 Å². The first kappa shape index (κ1) is 42.5. The van der Waals surface area contributed by atoms with Crippen molar-refractivity contribution in [1.82, 2.24) is 19.9 Å². The van der Waals surface area contributed by atoms with Crippen molar-refractivity contribution in [3.8, 4) is 5.75 Å². The van der Waals surface area contributed by atoms with E-state index in [1.54, 1.807) is 52.3 Å². The number of fused-ring (bicyclic) bond motifs is 1. The zero-order chi connectivity index (χ0) is 39.2. The zero-order valence-electron chi connectivity index (χ0n) is 31.0. The first-order chi connectivity index (χ1) is 24.1. The van der Waals surface area contributed by atoms with E-state index < -0.39 is 51.3 Å². The van der Waals surface area contributed by atoms with Gasteiger partial charge in [0, 0.05) is 29.4 Å². The molecule has 4 amide bonds. The van der Waals surface area contributed by atoms with Gasteiger partial charge in [-0.1, -0.05) is 45.7 Å². The SMILES string of the molecule is CC(C)(C)OC(=O)NC(C(=O)N1CCC[C@H]1C(N)=O)C(C)(C)C.CC[C@@H]1C[C@@H]1C(=O)NS(=O)(=O)OC1CC1.COc1ccc2c(=O)[nH]ccc2c1Cl. The van der Waals surface area contributed by atoms with Crippen LogP contribution in [0.4, 0.5) is 4.79 Å². The summed E-state index contributed by atoms with van der Waals surface area (Å²) in [5, 5.41) is 4.39. The Kier molecular flexibility index (Phi) is 14.1. The Morgan fingerprint density at radius 3 is 2.23 bits per heavy atom. The van der Waals surface area contributed by atoms with E-state index in [2.05, 4.69) is 10.3 Å². The monoisotopic (exact) mass is 769 g/mol. The third kappa shape index (κ3) is 12.4. The van der Waals surface area contributed by atoms with Crippen molar-refractivity contribution < 1.29 is 41.3 Å². The number of hydrogen-bond donors (Lipinski definition) is 4. The lowest BCUT2D eigenvalue weighted by Gasteiger charge is -2.35. The number of carbonyl (C=O) groups excluding carboxylic acids is 4. The molecule has 4 atom stereocenters. The minimum absolute atomic E-state index is 0.132. The summed E-state index contributed by atoms with van der Waals surface area (Å²) < 4.78 is 39.5. The molecule has 52 heavy (non-hydrogen) atoms. The van der Waals surface area contributed by atoms with Crippen molar-refractivity contribution in [3.63, 3.8) is 0 Å². The summed E-state index contributed by atoms with van der Waals surface area (Å²) in [6.07, 6.45) is 5.22. The standard InChI is InChI=1S/C16H29N3O4.C10H8ClNO2.C9H15NO4S/c1-15(2,3)11(18-14(22)23-16(4,5)6)13(21)19-9-7-8-10(19)12(17)20;1-14-8-3-2-7-6(9(8)11)4-5-12-10(7)13;1-2-6-5-8(6)9(11)10-15(12,13)14-7-3-4-7/h10-11H,7-9H2,1-6H3,(H2,17,20)(H,18,22);2-5H,1H3,(H,12,13);6-8H,2-5H2,1H3,(H,10,11)/t10-,11?;;6-,8+/m0.1/s1. The molecule has 3 aliphatic rings. The van der Waals surface area contributed by atoms with Gasteiger partial charge in [0.15, 0.2) is 0 Å². The molecule has 1 aromatic carbocycles. The molecule has 2 heterocycles. The van der Waals surface area contributed by atoms with Crippen LogP contribution < -0.4 is 26.1 Å². The number of amides is 4. The number of nitrogens with one attached hydrogen (secondary N) is 3. The Hall–Kier alpha value is -3.89. The summed E-state index contributed by atoms with van der Waals surface area (Å²) >= 11 is 6.04. The summed E-state index contributed by atoms with van der Waals surface area (Å²) in [6, 6.07) is 3.73. The lowest BCUT2D eigenvalue weighted by molar-refractivity contribution is -0.141. The zero-order valence-corrected chi connectivity index (χ0v) is 32.6. The van der Waals surface area contributed by atoms with Crippen LogP contribution in [0, 0.1) is 17.3 Å². The highest BCUT2D eigenvalue weighted by Gasteiger charge is 2.44. The molecule has 2 saturated carbocycles. The Morgan fingerprint density at radius 1 is 1.06 bits per heavy atom. The number of pyridine rings is 1. The van der Waals surface area contributed by atoms with Crippen LogP contribution in [0.15, 0.2) is 29.2 Å². The van der Waals surface area contributed by atoms with Crippen LogP contribution in [0.5, 0.6) is 5.75 Å². The molecule has 2 aromatic rings. The summed E-state index contributed by atoms with van der Waals surface area (Å²) in [6.45, 7) is 13.3. The number of rotatable bonds is 9. The van der Waals surface area contributed by atoms with Gasteiger partial charge in [0.2, 0.25) is 17.7 Å². The molecule has 1 unspecified atom stereocenters. The molecule has 5 rings (SSSR count). The van der Waals surface area contributed by atoms with Gasteiger partial charge in [0.25, 0.3) is 5.56 Å². The second-order valence-electron chi connectivity index (χ2n) is 15.1. The van der Waals surface area contributed by atoms with Gasteiger partial charge in [-0.15, -0.1) is 0 Å². The maximum atomic E-state index is 12.9. The molecule has 1 aliphatic heterocycles. The van der Waals surface area contributed by atoms with E-state index in [1.807, 2.05) is 32.4 Å².